The molecule has 0 aliphatic carbocycles. The van der Waals surface area contributed by atoms with E-state index in [1.807, 2.05) is 68.4 Å². The third-order valence-electron chi connectivity index (χ3n) is 3.90. The van der Waals surface area contributed by atoms with Crippen molar-refractivity contribution in [1.29, 1.82) is 0 Å². The lowest BCUT2D eigenvalue weighted by Crippen LogP contribution is -2.06. The smallest absolute Gasteiger partial charge is 0.142 e. The number of anilines is 1. The average Bonchev–Trinajstić information content (AvgIpc) is 2.67. The van der Waals surface area contributed by atoms with Crippen LogP contribution in [0.1, 0.15) is 25.0 Å². The molecule has 0 bridgehead atoms. The highest BCUT2D eigenvalue weighted by Crippen LogP contribution is 2.25. The largest absolute Gasteiger partial charge is 0.491 e. The molecule has 0 amide bonds. The van der Waals surface area contributed by atoms with Crippen molar-refractivity contribution in [2.75, 3.05) is 5.32 Å². The van der Waals surface area contributed by atoms with E-state index in [1.54, 1.807) is 0 Å². The molecule has 3 rings (SSSR count). The Morgan fingerprint density at radius 1 is 0.769 bits per heavy atom. The van der Waals surface area contributed by atoms with E-state index in [-0.39, 0.29) is 6.10 Å². The molecule has 3 heteroatoms. The Hall–Kier alpha value is -2.94. The quantitative estimate of drug-likeness (QED) is 0.570. The van der Waals surface area contributed by atoms with Gasteiger partial charge in [0.2, 0.25) is 0 Å². The molecule has 0 radical (unpaired) electrons. The van der Waals surface area contributed by atoms with Crippen LogP contribution in [0.3, 0.4) is 0 Å². The van der Waals surface area contributed by atoms with Crippen LogP contribution in [0, 0.1) is 0 Å². The minimum absolute atomic E-state index is 0.188. The van der Waals surface area contributed by atoms with Crippen LogP contribution in [0.2, 0.25) is 0 Å². The Morgan fingerprint density at radius 3 is 2.19 bits per heavy atom. The maximum Gasteiger partial charge on any atom is 0.142 e. The van der Waals surface area contributed by atoms with Crippen LogP contribution in [0.4, 0.5) is 5.69 Å². The summed E-state index contributed by atoms with van der Waals surface area (Å²) in [5.41, 5.74) is 3.34. The van der Waals surface area contributed by atoms with Gasteiger partial charge in [-0.15, -0.1) is 0 Å². The van der Waals surface area contributed by atoms with Gasteiger partial charge in [-0.25, -0.2) is 0 Å². The summed E-state index contributed by atoms with van der Waals surface area (Å²) in [7, 11) is 0. The summed E-state index contributed by atoms with van der Waals surface area (Å²) in [6.07, 6.45) is 0.188. The number of para-hydroxylation sites is 2. The van der Waals surface area contributed by atoms with Gasteiger partial charge in [-0.1, -0.05) is 54.6 Å². The van der Waals surface area contributed by atoms with Crippen molar-refractivity contribution >= 4 is 5.69 Å². The normalized spacial score (nSPS) is 10.6. The van der Waals surface area contributed by atoms with Crippen molar-refractivity contribution in [3.63, 3.8) is 0 Å². The fourth-order valence-electron chi connectivity index (χ4n) is 2.63. The van der Waals surface area contributed by atoms with E-state index in [4.69, 9.17) is 9.47 Å². The van der Waals surface area contributed by atoms with Gasteiger partial charge < -0.3 is 14.8 Å². The molecule has 26 heavy (non-hydrogen) atoms. The summed E-state index contributed by atoms with van der Waals surface area (Å²) in [6.45, 7) is 5.35. The maximum atomic E-state index is 5.99. The molecule has 0 saturated carbocycles. The predicted molar refractivity (Wildman–Crippen MR) is 107 cm³/mol. The first-order valence-corrected chi connectivity index (χ1v) is 8.96. The highest BCUT2D eigenvalue weighted by molar-refractivity contribution is 5.56. The molecular weight excluding hydrogens is 322 g/mol. The third kappa shape index (κ3) is 5.28. The van der Waals surface area contributed by atoms with Crippen LogP contribution >= 0.6 is 0 Å². The summed E-state index contributed by atoms with van der Waals surface area (Å²) in [4.78, 5) is 0. The van der Waals surface area contributed by atoms with Gasteiger partial charge in [0.05, 0.1) is 11.8 Å². The predicted octanol–water partition coefficient (Wildman–Crippen LogP) is 5.66. The summed E-state index contributed by atoms with van der Waals surface area (Å²) in [5, 5.41) is 3.46. The Bertz CT molecular complexity index is 798. The zero-order valence-electron chi connectivity index (χ0n) is 15.3. The molecule has 3 aromatic rings. The number of benzene rings is 3. The van der Waals surface area contributed by atoms with Gasteiger partial charge in [-0.3, -0.25) is 0 Å². The van der Waals surface area contributed by atoms with Gasteiger partial charge in [0.25, 0.3) is 0 Å². The van der Waals surface area contributed by atoms with E-state index >= 15 is 0 Å². The Labute approximate surface area is 155 Å². The van der Waals surface area contributed by atoms with E-state index in [0.29, 0.717) is 6.61 Å². The van der Waals surface area contributed by atoms with Crippen LogP contribution in [-0.2, 0) is 13.2 Å². The lowest BCUT2D eigenvalue weighted by Gasteiger charge is -2.14. The fraction of sp³-hybridized carbons (Fsp3) is 0.217. The van der Waals surface area contributed by atoms with Crippen LogP contribution in [0.15, 0.2) is 78.9 Å². The zero-order chi connectivity index (χ0) is 18.2. The van der Waals surface area contributed by atoms with Gasteiger partial charge in [0.15, 0.2) is 0 Å². The number of ether oxygens (including phenoxy) is 2. The summed E-state index contributed by atoms with van der Waals surface area (Å²) < 4.78 is 11.7. The van der Waals surface area contributed by atoms with Gasteiger partial charge in [-0.05, 0) is 49.2 Å². The van der Waals surface area contributed by atoms with Crippen molar-refractivity contribution < 1.29 is 9.47 Å². The molecule has 0 spiro atoms. The first kappa shape index (κ1) is 17.9. The highest BCUT2D eigenvalue weighted by atomic mass is 16.5. The third-order valence-corrected chi connectivity index (χ3v) is 3.90. The number of nitrogens with one attached hydrogen (secondary N) is 1. The van der Waals surface area contributed by atoms with Gasteiger partial charge >= 0.3 is 0 Å². The topological polar surface area (TPSA) is 30.5 Å². The molecular formula is C23H25NO2. The van der Waals surface area contributed by atoms with E-state index in [1.165, 1.54) is 5.56 Å². The molecule has 0 fully saturated rings. The fourth-order valence-corrected chi connectivity index (χ4v) is 2.63. The van der Waals surface area contributed by atoms with Crippen molar-refractivity contribution in [3.8, 4) is 11.5 Å². The lowest BCUT2D eigenvalue weighted by atomic mass is 10.2. The minimum Gasteiger partial charge on any atom is -0.491 e. The maximum absolute atomic E-state index is 5.99. The first-order chi connectivity index (χ1) is 12.7. The molecule has 0 aliphatic heterocycles. The van der Waals surface area contributed by atoms with Crippen LogP contribution in [-0.4, -0.2) is 6.10 Å². The second-order valence-corrected chi connectivity index (χ2v) is 6.43. The SMILES string of the molecule is CC(C)Oc1ccc(CNc2ccccc2OCc2ccccc2)cc1. The van der Waals surface area contributed by atoms with E-state index in [0.717, 1.165) is 29.3 Å². The average molecular weight is 347 g/mol. The summed E-state index contributed by atoms with van der Waals surface area (Å²) in [5.74, 6) is 1.76. The molecule has 3 aromatic carbocycles. The Balaban J connectivity index is 1.59. The van der Waals surface area contributed by atoms with Crippen molar-refractivity contribution in [3.05, 3.63) is 90.0 Å². The van der Waals surface area contributed by atoms with E-state index in [2.05, 4.69) is 29.6 Å². The summed E-state index contributed by atoms with van der Waals surface area (Å²) >= 11 is 0. The van der Waals surface area contributed by atoms with Gasteiger partial charge in [0.1, 0.15) is 18.1 Å². The Morgan fingerprint density at radius 2 is 1.46 bits per heavy atom. The molecule has 0 aliphatic rings. The number of hydrogen-bond acceptors (Lipinski definition) is 3. The lowest BCUT2D eigenvalue weighted by molar-refractivity contribution is 0.242. The van der Waals surface area contributed by atoms with Gasteiger partial charge in [0, 0.05) is 6.54 Å². The monoisotopic (exact) mass is 347 g/mol. The van der Waals surface area contributed by atoms with Crippen molar-refractivity contribution in [2.24, 2.45) is 0 Å². The number of rotatable bonds is 8. The standard InChI is InChI=1S/C23H25NO2/c1-18(2)26-21-14-12-19(13-15-21)16-24-22-10-6-7-11-23(22)25-17-20-8-4-3-5-9-20/h3-15,18,24H,16-17H2,1-2H3. The van der Waals surface area contributed by atoms with E-state index < -0.39 is 0 Å². The second-order valence-electron chi connectivity index (χ2n) is 6.43. The highest BCUT2D eigenvalue weighted by Gasteiger charge is 2.04. The molecule has 134 valence electrons. The molecule has 3 nitrogen and oxygen atoms in total. The number of hydrogen-bond donors (Lipinski definition) is 1. The van der Waals surface area contributed by atoms with Gasteiger partial charge in [-0.2, -0.15) is 0 Å². The molecule has 1 N–H and O–H groups in total. The second kappa shape index (κ2) is 8.95. The first-order valence-electron chi connectivity index (χ1n) is 8.96. The van der Waals surface area contributed by atoms with Crippen molar-refractivity contribution in [2.45, 2.75) is 33.1 Å². The van der Waals surface area contributed by atoms with Crippen LogP contribution in [0.5, 0.6) is 11.5 Å². The van der Waals surface area contributed by atoms with Crippen LogP contribution < -0.4 is 14.8 Å². The molecule has 0 unspecified atom stereocenters. The molecule has 0 aromatic heterocycles. The molecule has 0 saturated heterocycles. The zero-order valence-corrected chi connectivity index (χ0v) is 15.3. The van der Waals surface area contributed by atoms with Crippen LogP contribution in [0.25, 0.3) is 0 Å². The minimum atomic E-state index is 0.188. The Kier molecular flexibility index (Phi) is 6.15. The summed E-state index contributed by atoms with van der Waals surface area (Å²) in [6, 6.07) is 26.4. The van der Waals surface area contributed by atoms with Crippen molar-refractivity contribution in [1.82, 2.24) is 0 Å². The molecule has 0 atom stereocenters. The van der Waals surface area contributed by atoms with E-state index in [9.17, 15) is 0 Å². The molecule has 0 heterocycles.